The Labute approximate surface area is 192 Å². The van der Waals surface area contributed by atoms with E-state index in [1.54, 1.807) is 0 Å². The molecule has 0 aromatic heterocycles. The van der Waals surface area contributed by atoms with Gasteiger partial charge in [0.25, 0.3) is 5.91 Å². The van der Waals surface area contributed by atoms with Gasteiger partial charge in [0.2, 0.25) is 0 Å². The monoisotopic (exact) mass is 429 g/mol. The third-order valence-corrected chi connectivity index (χ3v) is 6.73. The van der Waals surface area contributed by atoms with Crippen molar-refractivity contribution < 1.29 is 4.79 Å². The second-order valence-electron chi connectivity index (χ2n) is 8.95. The van der Waals surface area contributed by atoms with Crippen LogP contribution in [0.25, 0.3) is 10.8 Å². The van der Waals surface area contributed by atoms with Crippen LogP contribution in [0.5, 0.6) is 0 Å². The highest BCUT2D eigenvalue weighted by Crippen LogP contribution is 2.30. The molecule has 1 fully saturated rings. The smallest absolute Gasteiger partial charge is 0.251 e. The molecule has 1 heterocycles. The summed E-state index contributed by atoms with van der Waals surface area (Å²) in [5.74, 6) is -0.0278. The molecule has 2 atom stereocenters. The number of benzene rings is 3. The van der Waals surface area contributed by atoms with Crippen LogP contribution in [0.1, 0.15) is 61.0 Å². The Morgan fingerprint density at radius 3 is 2.62 bits per heavy atom. The molecule has 0 saturated carbocycles. The summed E-state index contributed by atoms with van der Waals surface area (Å²) in [6.07, 6.45) is 6.02. The van der Waals surface area contributed by atoms with Crippen molar-refractivity contribution in [3.63, 3.8) is 0 Å². The Balaban J connectivity index is 1.58. The third-order valence-electron chi connectivity index (χ3n) is 6.73. The van der Waals surface area contributed by atoms with Gasteiger partial charge in [-0.1, -0.05) is 62.2 Å². The van der Waals surface area contributed by atoms with Gasteiger partial charge in [0, 0.05) is 23.8 Å². The van der Waals surface area contributed by atoms with Crippen LogP contribution in [-0.4, -0.2) is 37.0 Å². The first-order valence-electron chi connectivity index (χ1n) is 12.0. The van der Waals surface area contributed by atoms with Crippen LogP contribution < -0.4 is 10.6 Å². The quantitative estimate of drug-likeness (QED) is 0.484. The summed E-state index contributed by atoms with van der Waals surface area (Å²) in [6, 6.07) is 22.9. The van der Waals surface area contributed by atoms with E-state index >= 15 is 0 Å². The molecule has 4 heteroatoms. The molecule has 3 aromatic rings. The van der Waals surface area contributed by atoms with Crippen molar-refractivity contribution in [2.75, 3.05) is 25.5 Å². The summed E-state index contributed by atoms with van der Waals surface area (Å²) < 4.78 is 0. The lowest BCUT2D eigenvalue weighted by molar-refractivity contribution is 0.0936. The lowest BCUT2D eigenvalue weighted by atomic mass is 9.95. The highest BCUT2D eigenvalue weighted by Gasteiger charge is 2.19. The van der Waals surface area contributed by atoms with Crippen molar-refractivity contribution in [1.29, 1.82) is 0 Å². The zero-order valence-electron chi connectivity index (χ0n) is 19.3. The third kappa shape index (κ3) is 5.31. The van der Waals surface area contributed by atoms with Crippen LogP contribution in [-0.2, 0) is 0 Å². The minimum absolute atomic E-state index is 0.0278. The molecule has 1 aliphatic rings. The maximum absolute atomic E-state index is 12.9. The van der Waals surface area contributed by atoms with Gasteiger partial charge in [-0.25, -0.2) is 0 Å². The fourth-order valence-corrected chi connectivity index (χ4v) is 4.78. The summed E-state index contributed by atoms with van der Waals surface area (Å²) in [5.41, 5.74) is 3.00. The molecule has 1 saturated heterocycles. The number of carbonyl (C=O) groups is 1. The second-order valence-corrected chi connectivity index (χ2v) is 8.95. The predicted molar refractivity (Wildman–Crippen MR) is 134 cm³/mol. The van der Waals surface area contributed by atoms with Crippen LogP contribution in [0.3, 0.4) is 0 Å². The number of likely N-dealkylation sites (N-methyl/N-ethyl adjacent to an activating group) is 1. The molecule has 1 amide bonds. The van der Waals surface area contributed by atoms with E-state index in [2.05, 4.69) is 65.9 Å². The van der Waals surface area contributed by atoms with Gasteiger partial charge in [0.1, 0.15) is 0 Å². The number of rotatable bonds is 7. The molecule has 0 aliphatic carbocycles. The van der Waals surface area contributed by atoms with Crippen molar-refractivity contribution in [1.82, 2.24) is 10.2 Å². The maximum atomic E-state index is 12.9. The number of anilines is 1. The normalized spacial score (nSPS) is 18.1. The van der Waals surface area contributed by atoms with E-state index in [1.165, 1.54) is 48.6 Å². The summed E-state index contributed by atoms with van der Waals surface area (Å²) >= 11 is 0. The van der Waals surface area contributed by atoms with Gasteiger partial charge in [-0.2, -0.15) is 0 Å². The first-order valence-corrected chi connectivity index (χ1v) is 12.0. The predicted octanol–water partition coefficient (Wildman–Crippen LogP) is 6.01. The molecular weight excluding hydrogens is 394 g/mol. The first kappa shape index (κ1) is 22.3. The molecule has 4 nitrogen and oxygen atoms in total. The minimum atomic E-state index is -0.0464. The summed E-state index contributed by atoms with van der Waals surface area (Å²) in [4.78, 5) is 15.4. The largest absolute Gasteiger partial charge is 0.383 e. The Kier molecular flexibility index (Phi) is 7.43. The first-order chi connectivity index (χ1) is 15.7. The number of nitrogens with zero attached hydrogens (tertiary/aromatic N) is 1. The van der Waals surface area contributed by atoms with Crippen molar-refractivity contribution in [3.8, 4) is 0 Å². The fourth-order valence-electron chi connectivity index (χ4n) is 4.78. The van der Waals surface area contributed by atoms with Gasteiger partial charge in [-0.05, 0) is 73.5 Å². The number of hydrogen-bond donors (Lipinski definition) is 2. The molecule has 1 aliphatic heterocycles. The molecule has 0 bridgehead atoms. The average molecular weight is 430 g/mol. The number of fused-ring (bicyclic) bond motifs is 1. The summed E-state index contributed by atoms with van der Waals surface area (Å²) in [6.45, 7) is 4.26. The zero-order chi connectivity index (χ0) is 22.3. The van der Waals surface area contributed by atoms with Crippen molar-refractivity contribution in [2.24, 2.45) is 0 Å². The van der Waals surface area contributed by atoms with E-state index in [0.717, 1.165) is 18.7 Å². The summed E-state index contributed by atoms with van der Waals surface area (Å²) in [5, 5.41) is 9.38. The Morgan fingerprint density at radius 2 is 1.81 bits per heavy atom. The number of likely N-dealkylation sites (tertiary alicyclic amines) is 1. The van der Waals surface area contributed by atoms with Gasteiger partial charge >= 0.3 is 0 Å². The van der Waals surface area contributed by atoms with Crippen LogP contribution in [0.15, 0.2) is 66.7 Å². The molecule has 2 N–H and O–H groups in total. The highest BCUT2D eigenvalue weighted by molar-refractivity contribution is 5.95. The second kappa shape index (κ2) is 10.6. The van der Waals surface area contributed by atoms with E-state index in [1.807, 2.05) is 30.3 Å². The number of amides is 1. The Morgan fingerprint density at radius 1 is 1.03 bits per heavy atom. The van der Waals surface area contributed by atoms with Gasteiger partial charge in [0.05, 0.1) is 6.04 Å². The molecule has 0 radical (unpaired) electrons. The van der Waals surface area contributed by atoms with Crippen molar-refractivity contribution in [2.45, 2.75) is 51.1 Å². The van der Waals surface area contributed by atoms with E-state index < -0.39 is 0 Å². The highest BCUT2D eigenvalue weighted by atomic mass is 16.1. The lowest BCUT2D eigenvalue weighted by Crippen LogP contribution is -2.36. The number of nitrogens with one attached hydrogen (secondary N) is 2. The topological polar surface area (TPSA) is 44.4 Å². The number of carbonyl (C=O) groups excluding carboxylic acids is 1. The minimum Gasteiger partial charge on any atom is -0.383 e. The van der Waals surface area contributed by atoms with E-state index in [9.17, 15) is 4.79 Å². The zero-order valence-corrected chi connectivity index (χ0v) is 19.3. The van der Waals surface area contributed by atoms with Gasteiger partial charge < -0.3 is 15.5 Å². The Hall–Kier alpha value is -2.85. The van der Waals surface area contributed by atoms with Crippen LogP contribution in [0.4, 0.5) is 5.69 Å². The van der Waals surface area contributed by atoms with E-state index in [-0.39, 0.29) is 11.9 Å². The van der Waals surface area contributed by atoms with Crippen molar-refractivity contribution >= 4 is 22.4 Å². The molecule has 4 rings (SSSR count). The average Bonchev–Trinajstić information content (AvgIpc) is 3.05. The van der Waals surface area contributed by atoms with Gasteiger partial charge in [-0.3, -0.25) is 4.79 Å². The lowest BCUT2D eigenvalue weighted by Gasteiger charge is -2.27. The maximum Gasteiger partial charge on any atom is 0.251 e. The van der Waals surface area contributed by atoms with Crippen LogP contribution in [0.2, 0.25) is 0 Å². The molecule has 1 unspecified atom stereocenters. The molecule has 3 aromatic carbocycles. The molecular formula is C28H35N3O. The number of hydrogen-bond acceptors (Lipinski definition) is 3. The molecule has 0 spiro atoms. The SMILES string of the molecule is CC[C@@H](NC(=O)c1ccccc1)c1cc(NCC2CCCCCN2C)cc2ccccc12. The van der Waals surface area contributed by atoms with E-state index in [0.29, 0.717) is 11.6 Å². The molecule has 168 valence electrons. The van der Waals surface area contributed by atoms with Gasteiger partial charge in [0.15, 0.2) is 0 Å². The fraction of sp³-hybridized carbons (Fsp3) is 0.393. The van der Waals surface area contributed by atoms with Crippen molar-refractivity contribution in [3.05, 3.63) is 77.9 Å². The molecule has 32 heavy (non-hydrogen) atoms. The van der Waals surface area contributed by atoms with Crippen LogP contribution >= 0.6 is 0 Å². The Bertz CT molecular complexity index is 1030. The van der Waals surface area contributed by atoms with Crippen LogP contribution in [0, 0.1) is 0 Å². The van der Waals surface area contributed by atoms with Gasteiger partial charge in [-0.15, -0.1) is 0 Å². The summed E-state index contributed by atoms with van der Waals surface area (Å²) in [7, 11) is 2.25. The standard InChI is InChI=1S/C28H35N3O/c1-3-27(30-28(32)21-12-6-4-7-13-21)26-19-23(18-22-14-9-10-16-25(22)26)29-20-24-15-8-5-11-17-31(24)2/h4,6-7,9-10,12-14,16,18-19,24,27,29H,3,5,8,11,15,17,20H2,1-2H3,(H,30,32)/t24?,27-/m1/s1. The van der Waals surface area contributed by atoms with E-state index in [4.69, 9.17) is 0 Å².